The van der Waals surface area contributed by atoms with E-state index in [-0.39, 0.29) is 6.61 Å². The lowest BCUT2D eigenvalue weighted by Crippen LogP contribution is -2.32. The Bertz CT molecular complexity index is 396. The highest BCUT2D eigenvalue weighted by molar-refractivity contribution is 6.31. The average molecular weight is 299 g/mol. The van der Waals surface area contributed by atoms with Gasteiger partial charge in [0.1, 0.15) is 0 Å². The predicted molar refractivity (Wildman–Crippen MR) is 87.6 cm³/mol. The minimum absolute atomic E-state index is 0.218. The van der Waals surface area contributed by atoms with E-state index in [4.69, 9.17) is 16.7 Å². The van der Waals surface area contributed by atoms with Crippen LogP contribution in [-0.2, 0) is 6.54 Å². The minimum Gasteiger partial charge on any atom is -0.396 e. The second-order valence-corrected chi connectivity index (χ2v) is 5.72. The van der Waals surface area contributed by atoms with E-state index in [0.717, 1.165) is 48.7 Å². The number of hydrogen-bond donors (Lipinski definition) is 2. The molecule has 0 atom stereocenters. The summed E-state index contributed by atoms with van der Waals surface area (Å²) in [4.78, 5) is 2.27. The molecule has 0 aliphatic heterocycles. The number of rotatable bonds is 9. The Hall–Kier alpha value is -0.770. The predicted octanol–water partition coefficient (Wildman–Crippen LogP) is 3.44. The molecule has 0 saturated heterocycles. The topological polar surface area (TPSA) is 35.5 Å². The quantitative estimate of drug-likeness (QED) is 0.686. The molecule has 2 N–H and O–H groups in total. The van der Waals surface area contributed by atoms with Gasteiger partial charge in [-0.2, -0.15) is 0 Å². The van der Waals surface area contributed by atoms with E-state index in [1.54, 1.807) is 0 Å². The first kappa shape index (κ1) is 17.3. The highest BCUT2D eigenvalue weighted by Gasteiger charge is 2.11. The molecule has 114 valence electrons. The highest BCUT2D eigenvalue weighted by Crippen LogP contribution is 2.25. The molecule has 0 spiro atoms. The summed E-state index contributed by atoms with van der Waals surface area (Å²) >= 11 is 6.38. The fourth-order valence-electron chi connectivity index (χ4n) is 2.18. The van der Waals surface area contributed by atoms with Crippen LogP contribution in [0, 0.1) is 0 Å². The van der Waals surface area contributed by atoms with Crippen LogP contribution in [0.2, 0.25) is 5.02 Å². The molecule has 4 heteroatoms. The van der Waals surface area contributed by atoms with Crippen LogP contribution in [0.5, 0.6) is 0 Å². The van der Waals surface area contributed by atoms with Crippen molar-refractivity contribution in [3.05, 3.63) is 28.8 Å². The van der Waals surface area contributed by atoms with Crippen LogP contribution < -0.4 is 10.2 Å². The van der Waals surface area contributed by atoms with Crippen molar-refractivity contribution in [3.8, 4) is 0 Å². The standard InChI is InChI=1S/C16H27ClN2O/c1-4-8-18-12-14-6-7-15(11-16(14)17)19(13(2)3)9-5-10-20/h6-7,11,13,18,20H,4-5,8-10,12H2,1-3H3. The van der Waals surface area contributed by atoms with Gasteiger partial charge in [0.2, 0.25) is 0 Å². The summed E-state index contributed by atoms with van der Waals surface area (Å²) in [5.74, 6) is 0. The van der Waals surface area contributed by atoms with Gasteiger partial charge >= 0.3 is 0 Å². The summed E-state index contributed by atoms with van der Waals surface area (Å²) in [6.07, 6.45) is 1.90. The fourth-order valence-corrected chi connectivity index (χ4v) is 2.43. The van der Waals surface area contributed by atoms with E-state index in [2.05, 4.69) is 43.1 Å². The van der Waals surface area contributed by atoms with E-state index in [1.165, 1.54) is 0 Å². The van der Waals surface area contributed by atoms with Crippen LogP contribution in [0.4, 0.5) is 5.69 Å². The molecule has 0 unspecified atom stereocenters. The van der Waals surface area contributed by atoms with E-state index in [0.29, 0.717) is 6.04 Å². The van der Waals surface area contributed by atoms with Crippen LogP contribution >= 0.6 is 11.6 Å². The number of benzene rings is 1. The second kappa shape index (κ2) is 9.22. The van der Waals surface area contributed by atoms with Gasteiger partial charge < -0.3 is 15.3 Å². The van der Waals surface area contributed by atoms with E-state index >= 15 is 0 Å². The Morgan fingerprint density at radius 1 is 1.35 bits per heavy atom. The monoisotopic (exact) mass is 298 g/mol. The first-order chi connectivity index (χ1) is 9.60. The third kappa shape index (κ3) is 5.31. The Morgan fingerprint density at radius 2 is 2.10 bits per heavy atom. The zero-order valence-electron chi connectivity index (χ0n) is 12.8. The maximum Gasteiger partial charge on any atom is 0.0471 e. The molecule has 0 fully saturated rings. The summed E-state index contributed by atoms with van der Waals surface area (Å²) in [5, 5.41) is 13.2. The molecule has 0 amide bonds. The molecule has 20 heavy (non-hydrogen) atoms. The van der Waals surface area contributed by atoms with E-state index < -0.39 is 0 Å². The van der Waals surface area contributed by atoms with Crippen molar-refractivity contribution < 1.29 is 5.11 Å². The van der Waals surface area contributed by atoms with Gasteiger partial charge in [0.15, 0.2) is 0 Å². The maximum atomic E-state index is 9.00. The molecular formula is C16H27ClN2O. The third-order valence-corrected chi connectivity index (χ3v) is 3.64. The molecule has 0 aliphatic carbocycles. The molecule has 0 aromatic heterocycles. The van der Waals surface area contributed by atoms with E-state index in [1.807, 2.05) is 6.07 Å². The number of aliphatic hydroxyl groups is 1. The molecule has 0 saturated carbocycles. The molecule has 0 bridgehead atoms. The van der Waals surface area contributed by atoms with Crippen molar-refractivity contribution in [2.24, 2.45) is 0 Å². The number of anilines is 1. The van der Waals surface area contributed by atoms with Gasteiger partial charge in [-0.1, -0.05) is 24.6 Å². The first-order valence-electron chi connectivity index (χ1n) is 7.46. The fraction of sp³-hybridized carbons (Fsp3) is 0.625. The maximum absolute atomic E-state index is 9.00. The van der Waals surface area contributed by atoms with Crippen molar-refractivity contribution in [2.75, 3.05) is 24.6 Å². The zero-order valence-corrected chi connectivity index (χ0v) is 13.6. The lowest BCUT2D eigenvalue weighted by molar-refractivity contribution is 0.288. The third-order valence-electron chi connectivity index (χ3n) is 3.29. The van der Waals surface area contributed by atoms with Crippen molar-refractivity contribution in [2.45, 2.75) is 46.2 Å². The number of nitrogens with zero attached hydrogens (tertiary/aromatic N) is 1. The first-order valence-corrected chi connectivity index (χ1v) is 7.84. The van der Waals surface area contributed by atoms with Crippen molar-refractivity contribution >= 4 is 17.3 Å². The average Bonchev–Trinajstić information content (AvgIpc) is 2.41. The lowest BCUT2D eigenvalue weighted by Gasteiger charge is -2.29. The number of halogens is 1. The number of hydrogen-bond acceptors (Lipinski definition) is 3. The second-order valence-electron chi connectivity index (χ2n) is 5.32. The Labute approximate surface area is 127 Å². The van der Waals surface area contributed by atoms with Gasteiger partial charge in [-0.15, -0.1) is 0 Å². The van der Waals surface area contributed by atoms with Crippen molar-refractivity contribution in [1.82, 2.24) is 5.32 Å². The largest absolute Gasteiger partial charge is 0.396 e. The van der Waals surface area contributed by atoms with Crippen LogP contribution in [0.15, 0.2) is 18.2 Å². The molecule has 1 aromatic carbocycles. The molecule has 3 nitrogen and oxygen atoms in total. The van der Waals surface area contributed by atoms with Crippen LogP contribution in [0.3, 0.4) is 0 Å². The molecule has 1 rings (SSSR count). The van der Waals surface area contributed by atoms with Gasteiger partial charge in [0.25, 0.3) is 0 Å². The van der Waals surface area contributed by atoms with Gasteiger partial charge in [0, 0.05) is 36.4 Å². The Kier molecular flexibility index (Phi) is 7.97. The van der Waals surface area contributed by atoms with Gasteiger partial charge in [-0.05, 0) is 50.9 Å². The molecular weight excluding hydrogens is 272 g/mol. The number of nitrogens with one attached hydrogen (secondary N) is 1. The normalized spacial score (nSPS) is 11.1. The zero-order chi connectivity index (χ0) is 15.0. The lowest BCUT2D eigenvalue weighted by atomic mass is 10.1. The summed E-state index contributed by atoms with van der Waals surface area (Å²) in [6.45, 7) is 9.34. The Balaban J connectivity index is 2.77. The summed E-state index contributed by atoms with van der Waals surface area (Å²) in [5.41, 5.74) is 2.26. The SMILES string of the molecule is CCCNCc1ccc(N(CCCO)C(C)C)cc1Cl. The van der Waals surface area contributed by atoms with Crippen molar-refractivity contribution in [1.29, 1.82) is 0 Å². The van der Waals surface area contributed by atoms with Gasteiger partial charge in [-0.25, -0.2) is 0 Å². The summed E-state index contributed by atoms with van der Waals surface area (Å²) in [6, 6.07) is 6.63. The van der Waals surface area contributed by atoms with Crippen LogP contribution in [0.1, 0.15) is 39.2 Å². The van der Waals surface area contributed by atoms with Crippen LogP contribution in [-0.4, -0.2) is 30.8 Å². The van der Waals surface area contributed by atoms with Crippen LogP contribution in [0.25, 0.3) is 0 Å². The summed E-state index contributed by atoms with van der Waals surface area (Å²) < 4.78 is 0. The highest BCUT2D eigenvalue weighted by atomic mass is 35.5. The summed E-state index contributed by atoms with van der Waals surface area (Å²) in [7, 11) is 0. The molecule has 0 radical (unpaired) electrons. The van der Waals surface area contributed by atoms with E-state index in [9.17, 15) is 0 Å². The molecule has 1 aromatic rings. The number of aliphatic hydroxyl groups excluding tert-OH is 1. The molecule has 0 aliphatic rings. The smallest absolute Gasteiger partial charge is 0.0471 e. The minimum atomic E-state index is 0.218. The van der Waals surface area contributed by atoms with Crippen molar-refractivity contribution in [3.63, 3.8) is 0 Å². The van der Waals surface area contributed by atoms with Gasteiger partial charge in [-0.3, -0.25) is 0 Å². The Morgan fingerprint density at radius 3 is 2.65 bits per heavy atom. The van der Waals surface area contributed by atoms with Gasteiger partial charge in [0.05, 0.1) is 0 Å². The molecule has 0 heterocycles.